The second-order valence-corrected chi connectivity index (χ2v) is 3.39. The van der Waals surface area contributed by atoms with E-state index >= 15 is 0 Å². The van der Waals surface area contributed by atoms with Crippen molar-refractivity contribution in [3.05, 3.63) is 21.9 Å². The summed E-state index contributed by atoms with van der Waals surface area (Å²) in [4.78, 5) is 0. The van der Waals surface area contributed by atoms with Crippen LogP contribution < -0.4 is 10.2 Å². The van der Waals surface area contributed by atoms with Crippen LogP contribution in [0.4, 0.5) is 4.39 Å². The van der Waals surface area contributed by atoms with E-state index in [-0.39, 0.29) is 23.6 Å². The van der Waals surface area contributed by atoms with Crippen LogP contribution in [0.2, 0.25) is 0 Å². The first-order valence-corrected chi connectivity index (χ1v) is 4.52. The minimum Gasteiger partial charge on any atom is -0.504 e. The van der Waals surface area contributed by atoms with Gasteiger partial charge in [0.2, 0.25) is 0 Å². The van der Waals surface area contributed by atoms with Gasteiger partial charge in [-0.15, -0.1) is 0 Å². The predicted molar refractivity (Wildman–Crippen MR) is 50.9 cm³/mol. The Balaban J connectivity index is 3.28. The molecule has 0 fully saturated rings. The zero-order valence-corrected chi connectivity index (χ0v) is 8.93. The molecule has 14 heavy (non-hydrogen) atoms. The molecule has 0 atom stereocenters. The van der Waals surface area contributed by atoms with Gasteiger partial charge >= 0.3 is 0 Å². The molecule has 0 heterocycles. The van der Waals surface area contributed by atoms with Crippen LogP contribution in [0, 0.1) is 5.82 Å². The van der Waals surface area contributed by atoms with Crippen LogP contribution in [0.5, 0.6) is 11.5 Å². The Labute approximate surface area is 88.4 Å². The first kappa shape index (κ1) is 11.2. The van der Waals surface area contributed by atoms with Gasteiger partial charge in [0.1, 0.15) is 0 Å². The van der Waals surface area contributed by atoms with Crippen molar-refractivity contribution in [3.8, 4) is 11.5 Å². The number of nitrogens with one attached hydrogen (secondary N) is 1. The summed E-state index contributed by atoms with van der Waals surface area (Å²) in [6.45, 7) is -0.0803. The summed E-state index contributed by atoms with van der Waals surface area (Å²) in [5.74, 6) is -1.24. The Morgan fingerprint density at radius 1 is 1.64 bits per heavy atom. The molecule has 0 amide bonds. The van der Waals surface area contributed by atoms with Crippen molar-refractivity contribution < 1.29 is 19.4 Å². The van der Waals surface area contributed by atoms with Gasteiger partial charge in [-0.25, -0.2) is 9.87 Å². The zero-order chi connectivity index (χ0) is 10.7. The van der Waals surface area contributed by atoms with Crippen LogP contribution in [-0.2, 0) is 6.54 Å². The summed E-state index contributed by atoms with van der Waals surface area (Å²) in [6.07, 6.45) is 0. The first-order valence-electron chi connectivity index (χ1n) is 3.72. The van der Waals surface area contributed by atoms with E-state index in [1.165, 1.54) is 13.2 Å². The van der Waals surface area contributed by atoms with Gasteiger partial charge in [0.25, 0.3) is 0 Å². The number of phenols is 1. The highest BCUT2D eigenvalue weighted by Crippen LogP contribution is 2.35. The third-order valence-electron chi connectivity index (χ3n) is 1.71. The number of hydrogen-bond donors (Lipinski definition) is 3. The lowest BCUT2D eigenvalue weighted by Gasteiger charge is -2.10. The molecule has 0 aliphatic heterocycles. The summed E-state index contributed by atoms with van der Waals surface area (Å²) >= 11 is 3.06. The number of hydrogen-bond acceptors (Lipinski definition) is 4. The second kappa shape index (κ2) is 4.59. The van der Waals surface area contributed by atoms with Crippen LogP contribution in [0.1, 0.15) is 5.56 Å². The number of rotatable bonds is 3. The molecule has 0 bridgehead atoms. The lowest BCUT2D eigenvalue weighted by atomic mass is 10.2. The van der Waals surface area contributed by atoms with Gasteiger partial charge in [0, 0.05) is 16.6 Å². The van der Waals surface area contributed by atoms with E-state index in [1.54, 1.807) is 0 Å². The van der Waals surface area contributed by atoms with Crippen molar-refractivity contribution in [2.75, 3.05) is 7.11 Å². The van der Waals surface area contributed by atoms with E-state index in [4.69, 9.17) is 5.21 Å². The van der Waals surface area contributed by atoms with Crippen LogP contribution in [-0.4, -0.2) is 17.4 Å². The quantitative estimate of drug-likeness (QED) is 0.730. The fourth-order valence-electron chi connectivity index (χ4n) is 1.06. The normalized spacial score (nSPS) is 10.3. The van der Waals surface area contributed by atoms with Crippen molar-refractivity contribution in [2.45, 2.75) is 6.54 Å². The molecule has 0 radical (unpaired) electrons. The first-order chi connectivity index (χ1) is 6.61. The molecule has 0 unspecified atom stereocenters. The molecule has 3 N–H and O–H groups in total. The van der Waals surface area contributed by atoms with Gasteiger partial charge in [0.05, 0.1) is 7.11 Å². The number of halogens is 2. The molecule has 78 valence electrons. The lowest BCUT2D eigenvalue weighted by molar-refractivity contribution is 0.159. The number of methoxy groups -OCH3 is 1. The zero-order valence-electron chi connectivity index (χ0n) is 7.34. The van der Waals surface area contributed by atoms with E-state index in [1.807, 2.05) is 5.48 Å². The molecular weight excluding hydrogens is 257 g/mol. The highest BCUT2D eigenvalue weighted by atomic mass is 79.9. The molecule has 0 saturated carbocycles. The Bertz CT molecular complexity index is 346. The van der Waals surface area contributed by atoms with Crippen LogP contribution in [0.25, 0.3) is 0 Å². The van der Waals surface area contributed by atoms with Gasteiger partial charge in [-0.2, -0.15) is 0 Å². The fraction of sp³-hybridized carbons (Fsp3) is 0.250. The van der Waals surface area contributed by atoms with Crippen molar-refractivity contribution in [1.82, 2.24) is 5.48 Å². The summed E-state index contributed by atoms with van der Waals surface area (Å²) < 4.78 is 18.5. The SMILES string of the molecule is COc1c(O)cc(Br)c(CNO)c1F. The number of phenolic OH excluding ortho intramolecular Hbond substituents is 1. The fourth-order valence-corrected chi connectivity index (χ4v) is 1.59. The summed E-state index contributed by atoms with van der Waals surface area (Å²) in [6, 6.07) is 1.30. The van der Waals surface area contributed by atoms with Crippen molar-refractivity contribution >= 4 is 15.9 Å². The van der Waals surface area contributed by atoms with Gasteiger partial charge < -0.3 is 15.1 Å². The highest BCUT2D eigenvalue weighted by Gasteiger charge is 2.16. The molecule has 0 aliphatic rings. The predicted octanol–water partition coefficient (Wildman–Crippen LogP) is 1.78. The van der Waals surface area contributed by atoms with E-state index < -0.39 is 5.82 Å². The van der Waals surface area contributed by atoms with Crippen molar-refractivity contribution in [2.24, 2.45) is 0 Å². The van der Waals surface area contributed by atoms with E-state index in [2.05, 4.69) is 20.7 Å². The van der Waals surface area contributed by atoms with E-state index in [9.17, 15) is 9.50 Å². The molecule has 6 heteroatoms. The Morgan fingerprint density at radius 2 is 2.29 bits per heavy atom. The van der Waals surface area contributed by atoms with E-state index in [0.29, 0.717) is 4.47 Å². The van der Waals surface area contributed by atoms with Crippen molar-refractivity contribution in [3.63, 3.8) is 0 Å². The lowest BCUT2D eigenvalue weighted by Crippen LogP contribution is -2.09. The van der Waals surface area contributed by atoms with Crippen LogP contribution >= 0.6 is 15.9 Å². The van der Waals surface area contributed by atoms with Crippen molar-refractivity contribution in [1.29, 1.82) is 0 Å². The number of ether oxygens (including phenoxy) is 1. The number of aromatic hydroxyl groups is 1. The average molecular weight is 266 g/mol. The third kappa shape index (κ3) is 1.97. The topological polar surface area (TPSA) is 61.7 Å². The number of benzene rings is 1. The Hall–Kier alpha value is -0.850. The van der Waals surface area contributed by atoms with Gasteiger partial charge in [-0.3, -0.25) is 0 Å². The maximum Gasteiger partial charge on any atom is 0.196 e. The third-order valence-corrected chi connectivity index (χ3v) is 2.42. The molecule has 1 rings (SSSR count). The maximum absolute atomic E-state index is 13.5. The average Bonchev–Trinajstić information content (AvgIpc) is 2.12. The second-order valence-electron chi connectivity index (χ2n) is 2.54. The smallest absolute Gasteiger partial charge is 0.196 e. The molecule has 0 aliphatic carbocycles. The highest BCUT2D eigenvalue weighted by molar-refractivity contribution is 9.10. The van der Waals surface area contributed by atoms with Gasteiger partial charge in [-0.1, -0.05) is 15.9 Å². The Morgan fingerprint density at radius 3 is 2.79 bits per heavy atom. The van der Waals surface area contributed by atoms with Gasteiger partial charge in [-0.05, 0) is 6.07 Å². The molecule has 0 spiro atoms. The largest absolute Gasteiger partial charge is 0.504 e. The molecule has 4 nitrogen and oxygen atoms in total. The Kier molecular flexibility index (Phi) is 3.68. The summed E-state index contributed by atoms with van der Waals surface area (Å²) in [7, 11) is 1.25. The standard InChI is InChI=1S/C8H9BrFNO3/c1-14-8-6(12)2-5(9)4(3-11-13)7(8)10/h2,11-13H,3H2,1H3. The number of hydroxylamine groups is 1. The van der Waals surface area contributed by atoms with E-state index in [0.717, 1.165) is 0 Å². The molecule has 1 aromatic carbocycles. The monoisotopic (exact) mass is 265 g/mol. The minimum atomic E-state index is -0.707. The summed E-state index contributed by atoms with van der Waals surface area (Å²) in [5, 5.41) is 17.7. The summed E-state index contributed by atoms with van der Waals surface area (Å²) in [5.41, 5.74) is 2.01. The molecule has 1 aromatic rings. The molecule has 0 aromatic heterocycles. The van der Waals surface area contributed by atoms with Crippen LogP contribution in [0.15, 0.2) is 10.5 Å². The van der Waals surface area contributed by atoms with Crippen LogP contribution in [0.3, 0.4) is 0 Å². The minimum absolute atomic E-state index is 0.0803. The molecular formula is C8H9BrFNO3. The maximum atomic E-state index is 13.5. The molecule has 0 saturated heterocycles. The van der Waals surface area contributed by atoms with Gasteiger partial charge in [0.15, 0.2) is 17.3 Å².